The van der Waals surface area contributed by atoms with E-state index in [0.29, 0.717) is 0 Å². The fourth-order valence-electron chi connectivity index (χ4n) is 1.56. The van der Waals surface area contributed by atoms with Crippen LogP contribution >= 0.6 is 22.6 Å². The standard InChI is InChI=1S/C13H14IN3/c1-9-3-2-4-11(17-9)8-16-13-6-5-10(15)7-12(13)14/h2-7,16H,8,15H2,1H3. The summed E-state index contributed by atoms with van der Waals surface area (Å²) >= 11 is 2.27. The molecule has 2 rings (SSSR count). The number of pyridine rings is 1. The molecule has 0 amide bonds. The van der Waals surface area contributed by atoms with Crippen molar-refractivity contribution < 1.29 is 0 Å². The van der Waals surface area contributed by atoms with Crippen LogP contribution in [0.4, 0.5) is 11.4 Å². The molecule has 0 bridgehead atoms. The normalized spacial score (nSPS) is 10.2. The van der Waals surface area contributed by atoms with Gasteiger partial charge in [-0.2, -0.15) is 0 Å². The van der Waals surface area contributed by atoms with Crippen LogP contribution in [0, 0.1) is 10.5 Å². The number of benzene rings is 1. The van der Waals surface area contributed by atoms with Crippen molar-refractivity contribution in [2.45, 2.75) is 13.5 Å². The van der Waals surface area contributed by atoms with Crippen LogP contribution in [-0.4, -0.2) is 4.98 Å². The maximum atomic E-state index is 5.71. The van der Waals surface area contributed by atoms with Gasteiger partial charge in [0, 0.05) is 20.6 Å². The van der Waals surface area contributed by atoms with E-state index in [1.807, 2.05) is 43.3 Å². The first-order valence-electron chi connectivity index (χ1n) is 5.36. The highest BCUT2D eigenvalue weighted by molar-refractivity contribution is 14.1. The molecule has 0 aliphatic heterocycles. The molecule has 88 valence electrons. The molecule has 0 aliphatic carbocycles. The Morgan fingerprint density at radius 1 is 1.29 bits per heavy atom. The average molecular weight is 339 g/mol. The van der Waals surface area contributed by atoms with Crippen molar-refractivity contribution in [1.29, 1.82) is 0 Å². The van der Waals surface area contributed by atoms with Crippen LogP contribution in [-0.2, 0) is 6.54 Å². The zero-order valence-electron chi connectivity index (χ0n) is 9.57. The number of halogens is 1. The van der Waals surface area contributed by atoms with Crippen molar-refractivity contribution >= 4 is 34.0 Å². The monoisotopic (exact) mass is 339 g/mol. The van der Waals surface area contributed by atoms with Crippen LogP contribution in [0.25, 0.3) is 0 Å². The Kier molecular flexibility index (Phi) is 3.83. The van der Waals surface area contributed by atoms with Crippen LogP contribution in [0.2, 0.25) is 0 Å². The first kappa shape index (κ1) is 12.2. The van der Waals surface area contributed by atoms with E-state index < -0.39 is 0 Å². The number of anilines is 2. The molecular formula is C13H14IN3. The molecule has 0 spiro atoms. The van der Waals surface area contributed by atoms with Crippen LogP contribution in [0.1, 0.15) is 11.4 Å². The number of nitrogens with zero attached hydrogens (tertiary/aromatic N) is 1. The molecule has 1 aromatic carbocycles. The van der Waals surface area contributed by atoms with Gasteiger partial charge in [0.15, 0.2) is 0 Å². The molecular weight excluding hydrogens is 325 g/mol. The molecule has 3 N–H and O–H groups in total. The van der Waals surface area contributed by atoms with Crippen molar-refractivity contribution in [3.63, 3.8) is 0 Å². The minimum Gasteiger partial charge on any atom is -0.399 e. The molecule has 1 heterocycles. The zero-order valence-corrected chi connectivity index (χ0v) is 11.7. The van der Waals surface area contributed by atoms with E-state index >= 15 is 0 Å². The number of aromatic nitrogens is 1. The fraction of sp³-hybridized carbons (Fsp3) is 0.154. The predicted octanol–water partition coefficient (Wildman–Crippen LogP) is 3.19. The van der Waals surface area contributed by atoms with Gasteiger partial charge in [-0.15, -0.1) is 0 Å². The van der Waals surface area contributed by atoms with Crippen molar-refractivity contribution in [2.24, 2.45) is 0 Å². The maximum absolute atomic E-state index is 5.71. The van der Waals surface area contributed by atoms with E-state index in [4.69, 9.17) is 5.73 Å². The lowest BCUT2D eigenvalue weighted by molar-refractivity contribution is 1.01. The summed E-state index contributed by atoms with van der Waals surface area (Å²) in [6.45, 7) is 2.72. The summed E-state index contributed by atoms with van der Waals surface area (Å²) < 4.78 is 1.12. The predicted molar refractivity (Wildman–Crippen MR) is 79.9 cm³/mol. The summed E-state index contributed by atoms with van der Waals surface area (Å²) in [6, 6.07) is 11.9. The van der Waals surface area contributed by atoms with Gasteiger partial charge in [-0.05, 0) is 59.8 Å². The minimum absolute atomic E-state index is 0.724. The third-order valence-electron chi connectivity index (χ3n) is 2.40. The molecule has 0 aliphatic rings. The molecule has 0 saturated heterocycles. The second-order valence-corrected chi connectivity index (χ2v) is 5.03. The summed E-state index contributed by atoms with van der Waals surface area (Å²) in [5.41, 5.74) is 9.66. The summed E-state index contributed by atoms with van der Waals surface area (Å²) in [6.07, 6.45) is 0. The van der Waals surface area contributed by atoms with Crippen molar-refractivity contribution in [2.75, 3.05) is 11.1 Å². The third-order valence-corrected chi connectivity index (χ3v) is 3.29. The quantitative estimate of drug-likeness (QED) is 0.667. The first-order chi connectivity index (χ1) is 8.15. The largest absolute Gasteiger partial charge is 0.399 e. The van der Waals surface area contributed by atoms with Crippen LogP contribution in [0.15, 0.2) is 36.4 Å². The number of nitrogens with one attached hydrogen (secondary N) is 1. The summed E-state index contributed by atoms with van der Waals surface area (Å²) in [5, 5.41) is 3.36. The Bertz CT molecular complexity index is 526. The van der Waals surface area contributed by atoms with Gasteiger partial charge in [0.1, 0.15) is 0 Å². The molecule has 2 aromatic rings. The molecule has 0 unspecified atom stereocenters. The molecule has 3 nitrogen and oxygen atoms in total. The van der Waals surface area contributed by atoms with E-state index in [9.17, 15) is 0 Å². The lowest BCUT2D eigenvalue weighted by atomic mass is 10.2. The van der Waals surface area contributed by atoms with Gasteiger partial charge < -0.3 is 11.1 Å². The smallest absolute Gasteiger partial charge is 0.0597 e. The number of aryl methyl sites for hydroxylation is 1. The van der Waals surface area contributed by atoms with Gasteiger partial charge in [0.25, 0.3) is 0 Å². The highest BCUT2D eigenvalue weighted by Crippen LogP contribution is 2.21. The molecule has 1 aromatic heterocycles. The minimum atomic E-state index is 0.724. The highest BCUT2D eigenvalue weighted by Gasteiger charge is 2.00. The Morgan fingerprint density at radius 2 is 2.12 bits per heavy atom. The highest BCUT2D eigenvalue weighted by atomic mass is 127. The van der Waals surface area contributed by atoms with Crippen molar-refractivity contribution in [3.8, 4) is 0 Å². The van der Waals surface area contributed by atoms with Gasteiger partial charge in [-0.1, -0.05) is 6.07 Å². The maximum Gasteiger partial charge on any atom is 0.0597 e. The lowest BCUT2D eigenvalue weighted by Gasteiger charge is -2.09. The number of hydrogen-bond acceptors (Lipinski definition) is 3. The number of rotatable bonds is 3. The topological polar surface area (TPSA) is 50.9 Å². The first-order valence-corrected chi connectivity index (χ1v) is 6.44. The number of hydrogen-bond donors (Lipinski definition) is 2. The van der Waals surface area contributed by atoms with Crippen molar-refractivity contribution in [1.82, 2.24) is 4.98 Å². The third kappa shape index (κ3) is 3.33. The summed E-state index contributed by atoms with van der Waals surface area (Å²) in [4.78, 5) is 4.45. The fourth-order valence-corrected chi connectivity index (χ4v) is 2.29. The van der Waals surface area contributed by atoms with Crippen LogP contribution < -0.4 is 11.1 Å². The molecule has 0 radical (unpaired) electrons. The van der Waals surface area contributed by atoms with Crippen molar-refractivity contribution in [3.05, 3.63) is 51.4 Å². The van der Waals surface area contributed by atoms with Gasteiger partial charge >= 0.3 is 0 Å². The van der Waals surface area contributed by atoms with E-state index in [0.717, 1.165) is 32.9 Å². The Hall–Kier alpha value is -1.30. The molecule has 0 saturated carbocycles. The SMILES string of the molecule is Cc1cccc(CNc2ccc(N)cc2I)n1. The average Bonchev–Trinajstić information content (AvgIpc) is 2.28. The number of nitrogens with two attached hydrogens (primary N) is 1. The Morgan fingerprint density at radius 3 is 2.82 bits per heavy atom. The lowest BCUT2D eigenvalue weighted by Crippen LogP contribution is -2.03. The second-order valence-electron chi connectivity index (χ2n) is 3.86. The molecule has 0 fully saturated rings. The second kappa shape index (κ2) is 5.35. The summed E-state index contributed by atoms with van der Waals surface area (Å²) in [7, 11) is 0. The van der Waals surface area contributed by atoms with Crippen LogP contribution in [0.3, 0.4) is 0 Å². The van der Waals surface area contributed by atoms with E-state index in [2.05, 4.69) is 32.9 Å². The summed E-state index contributed by atoms with van der Waals surface area (Å²) in [5.74, 6) is 0. The van der Waals surface area contributed by atoms with Crippen LogP contribution in [0.5, 0.6) is 0 Å². The molecule has 0 atom stereocenters. The van der Waals surface area contributed by atoms with E-state index in [1.165, 1.54) is 0 Å². The van der Waals surface area contributed by atoms with Gasteiger partial charge in [0.05, 0.1) is 12.2 Å². The zero-order chi connectivity index (χ0) is 12.3. The van der Waals surface area contributed by atoms with Gasteiger partial charge in [0.2, 0.25) is 0 Å². The van der Waals surface area contributed by atoms with Gasteiger partial charge in [-0.25, -0.2) is 0 Å². The van der Waals surface area contributed by atoms with E-state index in [1.54, 1.807) is 0 Å². The number of nitrogen functional groups attached to an aromatic ring is 1. The molecule has 4 heteroatoms. The van der Waals surface area contributed by atoms with E-state index in [-0.39, 0.29) is 0 Å². The Labute approximate surface area is 115 Å². The Balaban J connectivity index is 2.07. The van der Waals surface area contributed by atoms with Gasteiger partial charge in [-0.3, -0.25) is 4.98 Å². The molecule has 17 heavy (non-hydrogen) atoms.